The number of aryl methyl sites for hydroxylation is 4. The fourth-order valence-electron chi connectivity index (χ4n) is 3.19. The molecule has 2 rings (SSSR count). The highest BCUT2D eigenvalue weighted by atomic mass is 32.3. The Balaban J connectivity index is 0. The molecule has 0 spiro atoms. The quantitative estimate of drug-likeness (QED) is 0.370. The number of benzene rings is 2. The van der Waals surface area contributed by atoms with E-state index in [9.17, 15) is 8.78 Å². The third kappa shape index (κ3) is 10.4. The van der Waals surface area contributed by atoms with E-state index in [0.29, 0.717) is 11.9 Å². The summed E-state index contributed by atoms with van der Waals surface area (Å²) in [6.45, 7) is 23.8. The van der Waals surface area contributed by atoms with Crippen LogP contribution >= 0.6 is 10.0 Å². The van der Waals surface area contributed by atoms with Crippen LogP contribution in [-0.4, -0.2) is 23.4 Å². The first-order valence-electron chi connectivity index (χ1n) is 12.2. The zero-order valence-corrected chi connectivity index (χ0v) is 23.9. The fraction of sp³-hybridized carbons (Fsp3) is 0.571. The minimum atomic E-state index is -1.19. The molecule has 0 N–H and O–H groups in total. The van der Waals surface area contributed by atoms with Gasteiger partial charge < -0.3 is 9.47 Å². The molecule has 0 aromatic heterocycles. The lowest BCUT2D eigenvalue weighted by Crippen LogP contribution is -2.22. The summed E-state index contributed by atoms with van der Waals surface area (Å²) in [4.78, 5) is 0. The predicted octanol–water partition coefficient (Wildman–Crippen LogP) is 9.49. The molecule has 0 amide bonds. The van der Waals surface area contributed by atoms with Crippen molar-refractivity contribution >= 4 is 10.0 Å². The second kappa shape index (κ2) is 17.7. The van der Waals surface area contributed by atoms with Crippen molar-refractivity contribution in [3.8, 4) is 11.5 Å². The van der Waals surface area contributed by atoms with Crippen LogP contribution in [0.25, 0.3) is 0 Å². The molecule has 33 heavy (non-hydrogen) atoms. The Morgan fingerprint density at radius 2 is 0.818 bits per heavy atom. The van der Waals surface area contributed by atoms with Gasteiger partial charge in [-0.1, -0.05) is 55.4 Å². The van der Waals surface area contributed by atoms with E-state index in [-0.39, 0.29) is 11.6 Å². The molecule has 2 aromatic carbocycles. The lowest BCUT2D eigenvalue weighted by molar-refractivity contribution is 0.359. The fourth-order valence-corrected chi connectivity index (χ4v) is 5.07. The SMILES string of the molecule is CC.CC.CC.CCS(CC)(COc1c(C)cc(F)cc1C)COc1c(C)cc(F)cc1C. The van der Waals surface area contributed by atoms with Crippen molar-refractivity contribution in [1.29, 1.82) is 0 Å². The van der Waals surface area contributed by atoms with Crippen LogP contribution in [0.1, 0.15) is 77.6 Å². The summed E-state index contributed by atoms with van der Waals surface area (Å²) >= 11 is 0. The van der Waals surface area contributed by atoms with Crippen LogP contribution in [0.2, 0.25) is 0 Å². The highest BCUT2D eigenvalue weighted by molar-refractivity contribution is 8.33. The molecule has 2 aromatic rings. The van der Waals surface area contributed by atoms with Crippen LogP contribution in [0.4, 0.5) is 8.78 Å². The molecule has 0 heterocycles. The first-order chi connectivity index (χ1) is 15.7. The molecule has 0 aliphatic heterocycles. The predicted molar refractivity (Wildman–Crippen MR) is 145 cm³/mol. The zero-order chi connectivity index (χ0) is 26.2. The monoisotopic (exact) mass is 486 g/mol. The average molecular weight is 487 g/mol. The summed E-state index contributed by atoms with van der Waals surface area (Å²) in [5, 5.41) is 0. The van der Waals surface area contributed by atoms with Crippen molar-refractivity contribution in [3.63, 3.8) is 0 Å². The van der Waals surface area contributed by atoms with E-state index >= 15 is 0 Å². The van der Waals surface area contributed by atoms with E-state index in [1.165, 1.54) is 24.3 Å². The maximum atomic E-state index is 13.5. The molecule has 0 atom stereocenters. The van der Waals surface area contributed by atoms with Gasteiger partial charge in [-0.05, 0) is 85.7 Å². The molecule has 0 radical (unpaired) electrons. The van der Waals surface area contributed by atoms with Gasteiger partial charge in [0, 0.05) is 0 Å². The second-order valence-corrected chi connectivity index (χ2v) is 11.1. The van der Waals surface area contributed by atoms with Crippen molar-refractivity contribution in [2.45, 2.75) is 83.1 Å². The van der Waals surface area contributed by atoms with Crippen molar-refractivity contribution < 1.29 is 18.3 Å². The van der Waals surface area contributed by atoms with Crippen molar-refractivity contribution in [3.05, 3.63) is 58.2 Å². The van der Waals surface area contributed by atoms with Crippen molar-refractivity contribution in [2.75, 3.05) is 23.4 Å². The Hall–Kier alpha value is -1.75. The maximum Gasteiger partial charge on any atom is 0.126 e. The minimum Gasteiger partial charge on any atom is -0.484 e. The van der Waals surface area contributed by atoms with E-state index in [0.717, 1.165) is 45.3 Å². The third-order valence-corrected chi connectivity index (χ3v) is 8.67. The highest BCUT2D eigenvalue weighted by Gasteiger charge is 2.24. The molecule has 2 nitrogen and oxygen atoms in total. The Bertz CT molecular complexity index is 693. The minimum absolute atomic E-state index is 0.243. The number of rotatable bonds is 8. The van der Waals surface area contributed by atoms with Gasteiger partial charge >= 0.3 is 0 Å². The number of halogens is 2. The Morgan fingerprint density at radius 1 is 0.576 bits per heavy atom. The van der Waals surface area contributed by atoms with Crippen LogP contribution in [0.15, 0.2) is 24.3 Å². The average Bonchev–Trinajstić information content (AvgIpc) is 2.80. The molecular formula is C28H48F2O2S. The van der Waals surface area contributed by atoms with Gasteiger partial charge in [-0.25, -0.2) is 8.78 Å². The van der Waals surface area contributed by atoms with Gasteiger partial charge in [-0.3, -0.25) is 0 Å². The van der Waals surface area contributed by atoms with Gasteiger partial charge in [-0.2, -0.15) is 10.0 Å². The normalized spacial score (nSPS) is 10.5. The summed E-state index contributed by atoms with van der Waals surface area (Å²) in [6, 6.07) is 6.00. The second-order valence-electron chi connectivity index (χ2n) is 7.06. The summed E-state index contributed by atoms with van der Waals surface area (Å²) < 4.78 is 39.4. The molecule has 0 fully saturated rings. The van der Waals surface area contributed by atoms with Gasteiger partial charge in [0.15, 0.2) is 0 Å². The maximum absolute atomic E-state index is 13.5. The molecule has 0 bridgehead atoms. The summed E-state index contributed by atoms with van der Waals surface area (Å²) in [5.41, 5.74) is 3.22. The van der Waals surface area contributed by atoms with E-state index in [1.54, 1.807) is 0 Å². The lowest BCUT2D eigenvalue weighted by Gasteiger charge is -2.38. The summed E-state index contributed by atoms with van der Waals surface area (Å²) in [5.74, 6) is 4.07. The Labute approximate surface area is 204 Å². The summed E-state index contributed by atoms with van der Waals surface area (Å²) in [6.07, 6.45) is 0. The van der Waals surface area contributed by atoms with Gasteiger partial charge in [0.25, 0.3) is 0 Å². The molecule has 192 valence electrons. The van der Waals surface area contributed by atoms with Crippen LogP contribution in [0.3, 0.4) is 0 Å². The van der Waals surface area contributed by atoms with Crippen LogP contribution in [0.5, 0.6) is 11.5 Å². The van der Waals surface area contributed by atoms with Crippen LogP contribution in [0, 0.1) is 39.3 Å². The summed E-state index contributed by atoms with van der Waals surface area (Å²) in [7, 11) is -1.19. The van der Waals surface area contributed by atoms with Crippen LogP contribution in [-0.2, 0) is 0 Å². The van der Waals surface area contributed by atoms with E-state index < -0.39 is 10.0 Å². The lowest BCUT2D eigenvalue weighted by atomic mass is 10.1. The molecule has 0 unspecified atom stereocenters. The molecule has 0 saturated heterocycles. The molecule has 0 aliphatic rings. The number of ether oxygens (including phenoxy) is 2. The van der Waals surface area contributed by atoms with Crippen LogP contribution < -0.4 is 9.47 Å². The molecule has 0 saturated carbocycles. The van der Waals surface area contributed by atoms with E-state index in [4.69, 9.17) is 9.47 Å². The number of hydrogen-bond acceptors (Lipinski definition) is 2. The van der Waals surface area contributed by atoms with Crippen molar-refractivity contribution in [1.82, 2.24) is 0 Å². The topological polar surface area (TPSA) is 18.5 Å². The van der Waals surface area contributed by atoms with Crippen molar-refractivity contribution in [2.24, 2.45) is 0 Å². The molecule has 0 aliphatic carbocycles. The zero-order valence-electron chi connectivity index (χ0n) is 23.1. The van der Waals surface area contributed by atoms with Gasteiger partial charge in [0.05, 0.1) is 0 Å². The van der Waals surface area contributed by atoms with Gasteiger partial charge in [0.2, 0.25) is 0 Å². The van der Waals surface area contributed by atoms with Gasteiger partial charge in [-0.15, -0.1) is 0 Å². The standard InChI is InChI=1S/C22H30F2O2S.3C2H6/c1-7-27(8-2,13-25-21-15(3)9-19(23)10-16(21)4)14-26-22-17(5)11-20(24)12-18(22)6;3*1-2/h9-12H,7-8,13-14H2,1-6H3;3*1-2H3. The smallest absolute Gasteiger partial charge is 0.126 e. The largest absolute Gasteiger partial charge is 0.484 e. The van der Waals surface area contributed by atoms with E-state index in [2.05, 4.69) is 13.8 Å². The van der Waals surface area contributed by atoms with Gasteiger partial charge in [0.1, 0.15) is 35.0 Å². The first kappa shape index (κ1) is 33.4. The highest BCUT2D eigenvalue weighted by Crippen LogP contribution is 2.48. The molecular weight excluding hydrogens is 438 g/mol. The number of hydrogen-bond donors (Lipinski definition) is 0. The first-order valence-corrected chi connectivity index (χ1v) is 14.6. The Kier molecular flexibility index (Phi) is 17.9. The Morgan fingerprint density at radius 3 is 1.03 bits per heavy atom. The molecule has 5 heteroatoms. The third-order valence-electron chi connectivity index (χ3n) is 4.98. The van der Waals surface area contributed by atoms with E-state index in [1.807, 2.05) is 69.2 Å².